The van der Waals surface area contributed by atoms with Gasteiger partial charge in [0.15, 0.2) is 0 Å². The Hall–Kier alpha value is -1.18. The third kappa shape index (κ3) is 6.83. The average molecular weight is 277 g/mol. The number of benzene rings is 1. The molecule has 0 N–H and O–H groups in total. The summed E-state index contributed by atoms with van der Waals surface area (Å²) in [5.74, 6) is 1.00. The van der Waals surface area contributed by atoms with E-state index in [1.54, 1.807) is 0 Å². The van der Waals surface area contributed by atoms with Crippen molar-refractivity contribution in [2.75, 3.05) is 25.6 Å². The Bertz CT molecular complexity index is 349. The van der Waals surface area contributed by atoms with E-state index in [2.05, 4.69) is 44.1 Å². The zero-order valence-corrected chi connectivity index (χ0v) is 13.5. The van der Waals surface area contributed by atoms with Crippen LogP contribution in [0, 0.1) is 0 Å². The summed E-state index contributed by atoms with van der Waals surface area (Å²) < 4.78 is 5.90. The molecule has 0 aliphatic heterocycles. The molecule has 0 aliphatic carbocycles. The quantitative estimate of drug-likeness (QED) is 0.511. The minimum Gasteiger partial charge on any atom is -0.491 e. The Kier molecular flexibility index (Phi) is 8.93. The minimum absolute atomic E-state index is 0.833. The maximum absolute atomic E-state index is 5.90. The molecular weight excluding hydrogens is 246 g/mol. The van der Waals surface area contributed by atoms with Gasteiger partial charge < -0.3 is 9.64 Å². The van der Waals surface area contributed by atoms with E-state index < -0.39 is 0 Å². The predicted octanol–water partition coefficient (Wildman–Crippen LogP) is 5.27. The van der Waals surface area contributed by atoms with Crippen LogP contribution in [0.4, 0.5) is 5.69 Å². The molecule has 0 saturated carbocycles. The summed E-state index contributed by atoms with van der Waals surface area (Å²) >= 11 is 0. The molecule has 1 aromatic rings. The summed E-state index contributed by atoms with van der Waals surface area (Å²) in [7, 11) is 4.11. The third-order valence-electron chi connectivity index (χ3n) is 3.60. The van der Waals surface area contributed by atoms with Crippen molar-refractivity contribution in [2.24, 2.45) is 0 Å². The smallest absolute Gasteiger partial charge is 0.142 e. The normalized spacial score (nSPS) is 10.6. The molecule has 0 amide bonds. The fourth-order valence-corrected chi connectivity index (χ4v) is 2.37. The Morgan fingerprint density at radius 1 is 0.850 bits per heavy atom. The first-order valence-corrected chi connectivity index (χ1v) is 8.15. The first kappa shape index (κ1) is 16.9. The number of hydrogen-bond donors (Lipinski definition) is 0. The summed E-state index contributed by atoms with van der Waals surface area (Å²) in [6.07, 6.45) is 10.7. The zero-order valence-electron chi connectivity index (χ0n) is 13.5. The lowest BCUT2D eigenvalue weighted by atomic mass is 10.1. The molecule has 0 radical (unpaired) electrons. The standard InChI is InChI=1S/C18H31NO/c1-4-5-6-7-8-9-10-13-16-20-18-15-12-11-14-17(18)19(2)3/h11-12,14-15H,4-10,13,16H2,1-3H3. The summed E-state index contributed by atoms with van der Waals surface area (Å²) in [6, 6.07) is 8.25. The van der Waals surface area contributed by atoms with Crippen LogP contribution in [-0.4, -0.2) is 20.7 Å². The van der Waals surface area contributed by atoms with E-state index in [0.717, 1.165) is 24.5 Å². The van der Waals surface area contributed by atoms with Crippen molar-refractivity contribution in [3.8, 4) is 5.75 Å². The Morgan fingerprint density at radius 3 is 2.10 bits per heavy atom. The fraction of sp³-hybridized carbons (Fsp3) is 0.667. The molecule has 0 aliphatic rings. The number of para-hydroxylation sites is 2. The second-order valence-electron chi connectivity index (χ2n) is 5.69. The number of rotatable bonds is 11. The minimum atomic E-state index is 0.833. The predicted molar refractivity (Wildman–Crippen MR) is 88.9 cm³/mol. The summed E-state index contributed by atoms with van der Waals surface area (Å²) in [5.41, 5.74) is 1.16. The molecule has 20 heavy (non-hydrogen) atoms. The first-order chi connectivity index (χ1) is 9.75. The van der Waals surface area contributed by atoms with Crippen LogP contribution in [0.5, 0.6) is 5.75 Å². The van der Waals surface area contributed by atoms with Crippen LogP contribution >= 0.6 is 0 Å². The second-order valence-corrected chi connectivity index (χ2v) is 5.69. The molecule has 2 heteroatoms. The summed E-state index contributed by atoms with van der Waals surface area (Å²) in [5, 5.41) is 0. The molecule has 1 aromatic carbocycles. The molecular formula is C18H31NO. The van der Waals surface area contributed by atoms with Gasteiger partial charge in [0, 0.05) is 14.1 Å². The Labute approximate surface area is 125 Å². The van der Waals surface area contributed by atoms with Crippen LogP contribution in [0.3, 0.4) is 0 Å². The van der Waals surface area contributed by atoms with Crippen molar-refractivity contribution in [3.05, 3.63) is 24.3 Å². The van der Waals surface area contributed by atoms with Gasteiger partial charge in [-0.05, 0) is 18.6 Å². The maximum Gasteiger partial charge on any atom is 0.142 e. The molecule has 0 bridgehead atoms. The maximum atomic E-state index is 5.90. The average Bonchev–Trinajstić information content (AvgIpc) is 2.46. The van der Waals surface area contributed by atoms with Crippen LogP contribution < -0.4 is 9.64 Å². The van der Waals surface area contributed by atoms with E-state index in [1.807, 2.05) is 6.07 Å². The van der Waals surface area contributed by atoms with Gasteiger partial charge in [-0.1, -0.05) is 64.0 Å². The molecule has 0 saturated heterocycles. The van der Waals surface area contributed by atoms with Crippen LogP contribution in [-0.2, 0) is 0 Å². The van der Waals surface area contributed by atoms with Gasteiger partial charge in [-0.25, -0.2) is 0 Å². The highest BCUT2D eigenvalue weighted by Gasteiger charge is 2.03. The van der Waals surface area contributed by atoms with E-state index in [1.165, 1.54) is 44.9 Å². The Balaban J connectivity index is 2.10. The Morgan fingerprint density at radius 2 is 1.45 bits per heavy atom. The third-order valence-corrected chi connectivity index (χ3v) is 3.60. The van der Waals surface area contributed by atoms with E-state index >= 15 is 0 Å². The van der Waals surface area contributed by atoms with Crippen molar-refractivity contribution >= 4 is 5.69 Å². The number of anilines is 1. The van der Waals surface area contributed by atoms with Gasteiger partial charge in [0.05, 0.1) is 12.3 Å². The van der Waals surface area contributed by atoms with Gasteiger partial charge in [0.1, 0.15) is 5.75 Å². The molecule has 114 valence electrons. The molecule has 0 heterocycles. The number of nitrogens with zero attached hydrogens (tertiary/aromatic N) is 1. The number of hydrogen-bond acceptors (Lipinski definition) is 2. The van der Waals surface area contributed by atoms with Crippen LogP contribution in [0.25, 0.3) is 0 Å². The van der Waals surface area contributed by atoms with Gasteiger partial charge in [-0.3, -0.25) is 0 Å². The summed E-state index contributed by atoms with van der Waals surface area (Å²) in [6.45, 7) is 3.10. The van der Waals surface area contributed by atoms with Crippen molar-refractivity contribution in [1.82, 2.24) is 0 Å². The monoisotopic (exact) mass is 277 g/mol. The largest absolute Gasteiger partial charge is 0.491 e. The highest BCUT2D eigenvalue weighted by Crippen LogP contribution is 2.26. The van der Waals surface area contributed by atoms with Crippen LogP contribution in [0.1, 0.15) is 58.3 Å². The topological polar surface area (TPSA) is 12.5 Å². The van der Waals surface area contributed by atoms with Crippen molar-refractivity contribution in [2.45, 2.75) is 58.3 Å². The van der Waals surface area contributed by atoms with Crippen molar-refractivity contribution in [1.29, 1.82) is 0 Å². The SMILES string of the molecule is CCCCCCCCCCOc1ccccc1N(C)C. The lowest BCUT2D eigenvalue weighted by molar-refractivity contribution is 0.305. The van der Waals surface area contributed by atoms with E-state index in [4.69, 9.17) is 4.74 Å². The van der Waals surface area contributed by atoms with Gasteiger partial charge in [0.2, 0.25) is 0 Å². The molecule has 0 atom stereocenters. The molecule has 0 aromatic heterocycles. The molecule has 1 rings (SSSR count). The second kappa shape index (κ2) is 10.6. The lowest BCUT2D eigenvalue weighted by Crippen LogP contribution is -2.11. The van der Waals surface area contributed by atoms with Gasteiger partial charge in [-0.2, -0.15) is 0 Å². The molecule has 0 spiro atoms. The zero-order chi connectivity index (χ0) is 14.6. The molecule has 0 fully saturated rings. The van der Waals surface area contributed by atoms with E-state index in [9.17, 15) is 0 Å². The number of unbranched alkanes of at least 4 members (excludes halogenated alkanes) is 7. The fourth-order valence-electron chi connectivity index (χ4n) is 2.37. The van der Waals surface area contributed by atoms with Crippen LogP contribution in [0.15, 0.2) is 24.3 Å². The van der Waals surface area contributed by atoms with Gasteiger partial charge in [0.25, 0.3) is 0 Å². The number of ether oxygens (including phenoxy) is 1. The highest BCUT2D eigenvalue weighted by atomic mass is 16.5. The van der Waals surface area contributed by atoms with Crippen LogP contribution in [0.2, 0.25) is 0 Å². The lowest BCUT2D eigenvalue weighted by Gasteiger charge is -2.17. The van der Waals surface area contributed by atoms with Crippen molar-refractivity contribution < 1.29 is 4.74 Å². The first-order valence-electron chi connectivity index (χ1n) is 8.15. The summed E-state index contributed by atoms with van der Waals surface area (Å²) in [4.78, 5) is 2.10. The van der Waals surface area contributed by atoms with E-state index in [0.29, 0.717) is 0 Å². The molecule has 2 nitrogen and oxygen atoms in total. The highest BCUT2D eigenvalue weighted by molar-refractivity contribution is 5.57. The molecule has 0 unspecified atom stereocenters. The van der Waals surface area contributed by atoms with Gasteiger partial charge in [-0.15, -0.1) is 0 Å². The van der Waals surface area contributed by atoms with Crippen molar-refractivity contribution in [3.63, 3.8) is 0 Å². The van der Waals surface area contributed by atoms with Gasteiger partial charge >= 0.3 is 0 Å². The van der Waals surface area contributed by atoms with E-state index in [-0.39, 0.29) is 0 Å².